The molecule has 3 aromatic rings. The molecule has 0 bridgehead atoms. The number of β-amino-alcohol motifs (C(OH)–C–C–N with tert-alkyl or cyclic N) is 1. The van der Waals surface area contributed by atoms with Gasteiger partial charge in [-0.1, -0.05) is 36.4 Å². The van der Waals surface area contributed by atoms with Crippen molar-refractivity contribution in [1.82, 2.24) is 9.88 Å². The lowest BCUT2D eigenvalue weighted by Crippen LogP contribution is -2.36. The molecule has 1 aliphatic heterocycles. The molecule has 1 aromatic heterocycles. The Bertz CT molecular complexity index is 1080. The van der Waals surface area contributed by atoms with Gasteiger partial charge in [-0.25, -0.2) is 4.98 Å². The van der Waals surface area contributed by atoms with Crippen molar-refractivity contribution >= 4 is 22.5 Å². The number of aliphatic hydroxyl groups is 1. The minimum Gasteiger partial charge on any atom is -0.484 e. The number of nitrogens with zero attached hydrogens (tertiary/aromatic N) is 3. The average Bonchev–Trinajstić information content (AvgIpc) is 2.81. The predicted molar refractivity (Wildman–Crippen MR) is 127 cm³/mol. The molecule has 0 radical (unpaired) electrons. The summed E-state index contributed by atoms with van der Waals surface area (Å²) in [5.41, 5.74) is 3.47. The summed E-state index contributed by atoms with van der Waals surface area (Å²) >= 11 is 0. The van der Waals surface area contributed by atoms with E-state index in [1.165, 1.54) is 11.1 Å². The number of ether oxygens (including phenoxy) is 1. The Labute approximate surface area is 189 Å². The van der Waals surface area contributed by atoms with Gasteiger partial charge >= 0.3 is 0 Å². The number of hydrogen-bond donors (Lipinski definition) is 1. The predicted octanol–water partition coefficient (Wildman–Crippen LogP) is 3.45. The molecule has 4 rings (SSSR count). The van der Waals surface area contributed by atoms with Crippen LogP contribution in [0.3, 0.4) is 0 Å². The van der Waals surface area contributed by atoms with Crippen molar-refractivity contribution in [2.45, 2.75) is 31.9 Å². The monoisotopic (exact) mass is 433 g/mol. The van der Waals surface area contributed by atoms with Gasteiger partial charge in [-0.3, -0.25) is 9.69 Å². The second-order valence-corrected chi connectivity index (χ2v) is 8.67. The molecule has 0 fully saturated rings. The van der Waals surface area contributed by atoms with Crippen LogP contribution in [0.15, 0.2) is 54.6 Å². The Balaban J connectivity index is 1.26. The number of anilines is 1. The summed E-state index contributed by atoms with van der Waals surface area (Å²) < 4.78 is 5.81. The molecule has 168 valence electrons. The van der Waals surface area contributed by atoms with Gasteiger partial charge in [0.05, 0.1) is 6.10 Å². The highest BCUT2D eigenvalue weighted by atomic mass is 16.5. The SMILES string of the molecule is CN(C)c1ccc2cccc(OCC(=O)CC[C@H](O)CN3CCc4ccccc4C3)c2n1. The van der Waals surface area contributed by atoms with Gasteiger partial charge in [0.2, 0.25) is 0 Å². The molecule has 1 atom stereocenters. The number of benzene rings is 2. The minimum absolute atomic E-state index is 0.0171. The lowest BCUT2D eigenvalue weighted by Gasteiger charge is -2.30. The summed E-state index contributed by atoms with van der Waals surface area (Å²) in [5, 5.41) is 11.4. The third-order valence-corrected chi connectivity index (χ3v) is 5.95. The number of hydrogen-bond acceptors (Lipinski definition) is 6. The normalized spacial score (nSPS) is 14.7. The van der Waals surface area contributed by atoms with Gasteiger partial charge in [-0.2, -0.15) is 0 Å². The van der Waals surface area contributed by atoms with Crippen molar-refractivity contribution in [3.05, 3.63) is 65.7 Å². The Morgan fingerprint density at radius 2 is 1.94 bits per heavy atom. The van der Waals surface area contributed by atoms with E-state index in [0.29, 0.717) is 25.1 Å². The highest BCUT2D eigenvalue weighted by Crippen LogP contribution is 2.26. The van der Waals surface area contributed by atoms with Crippen LogP contribution in [0.25, 0.3) is 10.9 Å². The third-order valence-electron chi connectivity index (χ3n) is 5.95. The molecule has 32 heavy (non-hydrogen) atoms. The maximum atomic E-state index is 12.4. The van der Waals surface area contributed by atoms with Crippen molar-refractivity contribution < 1.29 is 14.6 Å². The lowest BCUT2D eigenvalue weighted by atomic mass is 9.99. The van der Waals surface area contributed by atoms with Crippen LogP contribution < -0.4 is 9.64 Å². The molecule has 0 aliphatic carbocycles. The molecule has 0 saturated carbocycles. The van der Waals surface area contributed by atoms with Crippen LogP contribution in [-0.2, 0) is 17.8 Å². The molecular weight excluding hydrogens is 402 g/mol. The fourth-order valence-corrected chi connectivity index (χ4v) is 4.13. The van der Waals surface area contributed by atoms with Crippen molar-refractivity contribution in [3.8, 4) is 5.75 Å². The second kappa shape index (κ2) is 10.1. The van der Waals surface area contributed by atoms with Crippen LogP contribution in [0, 0.1) is 0 Å². The van der Waals surface area contributed by atoms with E-state index in [2.05, 4.69) is 34.1 Å². The van der Waals surface area contributed by atoms with Gasteiger partial charge in [0.25, 0.3) is 0 Å². The van der Waals surface area contributed by atoms with E-state index in [-0.39, 0.29) is 12.4 Å². The van der Waals surface area contributed by atoms with Crippen LogP contribution in [0.1, 0.15) is 24.0 Å². The largest absolute Gasteiger partial charge is 0.484 e. The smallest absolute Gasteiger partial charge is 0.170 e. The van der Waals surface area contributed by atoms with Crippen LogP contribution in [0.2, 0.25) is 0 Å². The fraction of sp³-hybridized carbons (Fsp3) is 0.385. The number of para-hydroxylation sites is 1. The first-order valence-electron chi connectivity index (χ1n) is 11.2. The summed E-state index contributed by atoms with van der Waals surface area (Å²) in [4.78, 5) is 21.3. The first-order chi connectivity index (χ1) is 15.5. The molecule has 2 aromatic carbocycles. The van der Waals surface area contributed by atoms with E-state index >= 15 is 0 Å². The van der Waals surface area contributed by atoms with E-state index in [0.717, 1.165) is 36.2 Å². The molecule has 0 saturated heterocycles. The topological polar surface area (TPSA) is 65.9 Å². The minimum atomic E-state index is -0.522. The Morgan fingerprint density at radius 1 is 1.12 bits per heavy atom. The molecule has 0 spiro atoms. The molecule has 1 aliphatic rings. The molecule has 6 nitrogen and oxygen atoms in total. The van der Waals surface area contributed by atoms with Crippen LogP contribution in [0.5, 0.6) is 5.75 Å². The summed E-state index contributed by atoms with van der Waals surface area (Å²) in [5.74, 6) is 1.42. The van der Waals surface area contributed by atoms with E-state index in [9.17, 15) is 9.90 Å². The molecule has 0 amide bonds. The van der Waals surface area contributed by atoms with E-state index in [1.807, 2.05) is 49.3 Å². The summed E-state index contributed by atoms with van der Waals surface area (Å²) in [6.07, 6.45) is 1.22. The lowest BCUT2D eigenvalue weighted by molar-refractivity contribution is -0.121. The summed E-state index contributed by atoms with van der Waals surface area (Å²) in [7, 11) is 3.88. The second-order valence-electron chi connectivity index (χ2n) is 8.67. The number of carbonyl (C=O) groups excluding carboxylic acids is 1. The highest BCUT2D eigenvalue weighted by Gasteiger charge is 2.19. The fourth-order valence-electron chi connectivity index (χ4n) is 4.13. The average molecular weight is 434 g/mol. The van der Waals surface area contributed by atoms with Crippen LogP contribution in [0.4, 0.5) is 5.82 Å². The molecule has 1 N–H and O–H groups in total. The first kappa shape index (κ1) is 22.2. The van der Waals surface area contributed by atoms with E-state index in [4.69, 9.17) is 4.74 Å². The number of carbonyl (C=O) groups is 1. The molecular formula is C26H31N3O3. The maximum absolute atomic E-state index is 12.4. The first-order valence-corrected chi connectivity index (χ1v) is 11.2. The summed E-state index contributed by atoms with van der Waals surface area (Å²) in [6.45, 7) is 2.36. The van der Waals surface area contributed by atoms with Gasteiger partial charge in [0.15, 0.2) is 5.78 Å². The van der Waals surface area contributed by atoms with Gasteiger partial charge in [0.1, 0.15) is 23.7 Å². The molecule has 0 unspecified atom stereocenters. The maximum Gasteiger partial charge on any atom is 0.170 e. The van der Waals surface area contributed by atoms with Crippen molar-refractivity contribution in [2.24, 2.45) is 0 Å². The molecule has 6 heteroatoms. The number of ketones is 1. The number of Topliss-reactive ketones (excluding diaryl/α,β-unsaturated/α-hetero) is 1. The third kappa shape index (κ3) is 5.44. The van der Waals surface area contributed by atoms with Gasteiger partial charge in [-0.15, -0.1) is 0 Å². The van der Waals surface area contributed by atoms with Gasteiger partial charge in [-0.05, 0) is 42.2 Å². The number of aromatic nitrogens is 1. The Morgan fingerprint density at radius 3 is 2.75 bits per heavy atom. The van der Waals surface area contributed by atoms with Crippen LogP contribution in [-0.4, -0.2) is 60.7 Å². The standard InChI is InChI=1S/C26H31N3O3/c1-28(2)25-13-10-20-8-5-9-24(26(20)27-25)32-18-23(31)12-11-22(30)17-29-15-14-19-6-3-4-7-21(19)16-29/h3-10,13,22,30H,11-12,14-18H2,1-2H3/t22-/m0/s1. The van der Waals surface area contributed by atoms with Gasteiger partial charge in [0, 0.05) is 45.5 Å². The number of pyridine rings is 1. The zero-order chi connectivity index (χ0) is 22.5. The number of rotatable bonds is 9. The highest BCUT2D eigenvalue weighted by molar-refractivity contribution is 5.86. The van der Waals surface area contributed by atoms with E-state index in [1.54, 1.807) is 0 Å². The number of aliphatic hydroxyl groups excluding tert-OH is 1. The number of fused-ring (bicyclic) bond motifs is 2. The Kier molecular flexibility index (Phi) is 7.02. The Hall–Kier alpha value is -2.96. The zero-order valence-electron chi connectivity index (χ0n) is 18.8. The van der Waals surface area contributed by atoms with Crippen molar-refractivity contribution in [3.63, 3.8) is 0 Å². The van der Waals surface area contributed by atoms with Crippen molar-refractivity contribution in [1.29, 1.82) is 0 Å². The van der Waals surface area contributed by atoms with Crippen LogP contribution >= 0.6 is 0 Å². The van der Waals surface area contributed by atoms with Gasteiger partial charge < -0.3 is 14.7 Å². The van der Waals surface area contributed by atoms with E-state index < -0.39 is 6.10 Å². The quantitative estimate of drug-likeness (QED) is 0.558. The molecule has 2 heterocycles. The van der Waals surface area contributed by atoms with Crippen molar-refractivity contribution in [2.75, 3.05) is 38.7 Å². The summed E-state index contributed by atoms with van der Waals surface area (Å²) in [6, 6.07) is 18.1. The zero-order valence-corrected chi connectivity index (χ0v) is 18.8.